The van der Waals surface area contributed by atoms with Gasteiger partial charge in [0.1, 0.15) is 0 Å². The summed E-state index contributed by atoms with van der Waals surface area (Å²) in [5.41, 5.74) is 1.87. The lowest BCUT2D eigenvalue weighted by Gasteiger charge is -2.01. The van der Waals surface area contributed by atoms with Crippen molar-refractivity contribution in [3.8, 4) is 0 Å². The zero-order valence-corrected chi connectivity index (χ0v) is 8.21. The summed E-state index contributed by atoms with van der Waals surface area (Å²) in [5, 5.41) is 0. The molecule has 2 rings (SSSR count). The van der Waals surface area contributed by atoms with Crippen LogP contribution in [0.1, 0.15) is 38.5 Å². The zero-order chi connectivity index (χ0) is 9.97. The minimum Gasteiger partial charge on any atom is -0.295 e. The minimum absolute atomic E-state index is 0.274. The maximum atomic E-state index is 11.3. The van der Waals surface area contributed by atoms with Crippen LogP contribution in [0.25, 0.3) is 0 Å². The number of ketones is 2. The summed E-state index contributed by atoms with van der Waals surface area (Å²) in [5.74, 6) is 0.548. The van der Waals surface area contributed by atoms with E-state index in [9.17, 15) is 9.59 Å². The van der Waals surface area contributed by atoms with Crippen LogP contribution in [0, 0.1) is 0 Å². The first-order chi connectivity index (χ1) is 6.77. The molecule has 0 aromatic heterocycles. The van der Waals surface area contributed by atoms with Crippen LogP contribution in [0.3, 0.4) is 0 Å². The molecule has 2 aliphatic carbocycles. The van der Waals surface area contributed by atoms with E-state index < -0.39 is 0 Å². The van der Waals surface area contributed by atoms with Gasteiger partial charge < -0.3 is 0 Å². The number of carbonyl (C=O) groups excluding carboxylic acids is 2. The first-order valence-corrected chi connectivity index (χ1v) is 5.22. The first kappa shape index (κ1) is 9.38. The third-order valence-corrected chi connectivity index (χ3v) is 2.90. The molecule has 0 atom stereocenters. The summed E-state index contributed by atoms with van der Waals surface area (Å²) in [7, 11) is 0. The number of allylic oxidation sites excluding steroid dienone is 4. The van der Waals surface area contributed by atoms with Crippen molar-refractivity contribution in [1.29, 1.82) is 0 Å². The molecular formula is C12H14O2. The lowest BCUT2D eigenvalue weighted by Crippen LogP contribution is -2.00. The molecule has 2 aliphatic rings. The molecule has 0 radical (unpaired) electrons. The molecule has 2 heteroatoms. The molecule has 0 saturated heterocycles. The fourth-order valence-electron chi connectivity index (χ4n) is 2.06. The summed E-state index contributed by atoms with van der Waals surface area (Å²) in [6.45, 7) is 0. The quantitative estimate of drug-likeness (QED) is 0.684. The molecule has 0 heterocycles. The Morgan fingerprint density at radius 2 is 1.29 bits per heavy atom. The van der Waals surface area contributed by atoms with Gasteiger partial charge in [-0.15, -0.1) is 0 Å². The molecule has 0 N–H and O–H groups in total. The molecule has 0 aromatic rings. The smallest absolute Gasteiger partial charge is 0.158 e. The van der Waals surface area contributed by atoms with Crippen molar-refractivity contribution in [1.82, 2.24) is 0 Å². The van der Waals surface area contributed by atoms with Gasteiger partial charge in [0, 0.05) is 12.8 Å². The van der Waals surface area contributed by atoms with Gasteiger partial charge in [-0.25, -0.2) is 0 Å². The maximum absolute atomic E-state index is 11.3. The second kappa shape index (κ2) is 3.91. The highest BCUT2D eigenvalue weighted by atomic mass is 16.1. The van der Waals surface area contributed by atoms with E-state index in [1.807, 2.05) is 12.2 Å². The van der Waals surface area contributed by atoms with Crippen molar-refractivity contribution in [2.75, 3.05) is 0 Å². The first-order valence-electron chi connectivity index (χ1n) is 5.22. The second-order valence-electron chi connectivity index (χ2n) is 3.88. The second-order valence-corrected chi connectivity index (χ2v) is 3.88. The lowest BCUT2D eigenvalue weighted by molar-refractivity contribution is -0.116. The van der Waals surface area contributed by atoms with Crippen LogP contribution >= 0.6 is 0 Å². The van der Waals surface area contributed by atoms with Gasteiger partial charge >= 0.3 is 0 Å². The van der Waals surface area contributed by atoms with Gasteiger partial charge in [-0.3, -0.25) is 9.59 Å². The third kappa shape index (κ3) is 1.84. The van der Waals surface area contributed by atoms with Crippen molar-refractivity contribution in [2.45, 2.75) is 38.5 Å². The Bertz CT molecular complexity index is 300. The zero-order valence-electron chi connectivity index (χ0n) is 8.21. The average molecular weight is 190 g/mol. The van der Waals surface area contributed by atoms with Gasteiger partial charge in [0.15, 0.2) is 11.6 Å². The SMILES string of the molecule is O=C1CCC=C1CCC1=CCCC1=O. The monoisotopic (exact) mass is 190 g/mol. The van der Waals surface area contributed by atoms with E-state index in [1.54, 1.807) is 0 Å². The Labute approximate surface area is 83.7 Å². The van der Waals surface area contributed by atoms with E-state index in [0.717, 1.165) is 36.8 Å². The van der Waals surface area contributed by atoms with Crippen LogP contribution in [0.2, 0.25) is 0 Å². The van der Waals surface area contributed by atoms with Gasteiger partial charge in [-0.1, -0.05) is 12.2 Å². The predicted octanol–water partition coefficient (Wildman–Crippen LogP) is 2.35. The Morgan fingerprint density at radius 3 is 1.57 bits per heavy atom. The van der Waals surface area contributed by atoms with Gasteiger partial charge in [-0.2, -0.15) is 0 Å². The van der Waals surface area contributed by atoms with Crippen LogP contribution in [0.4, 0.5) is 0 Å². The molecule has 0 unspecified atom stereocenters. The molecule has 0 aliphatic heterocycles. The minimum atomic E-state index is 0.274. The molecule has 74 valence electrons. The van der Waals surface area contributed by atoms with E-state index >= 15 is 0 Å². The molecule has 0 bridgehead atoms. The Balaban J connectivity index is 1.88. The molecular weight excluding hydrogens is 176 g/mol. The van der Waals surface area contributed by atoms with Gasteiger partial charge in [0.05, 0.1) is 0 Å². The molecule has 0 saturated carbocycles. The molecule has 0 fully saturated rings. The summed E-state index contributed by atoms with van der Waals surface area (Å²) in [4.78, 5) is 22.6. The number of Topliss-reactive ketones (excluding diaryl/α,β-unsaturated/α-hetero) is 2. The highest BCUT2D eigenvalue weighted by Crippen LogP contribution is 2.24. The highest BCUT2D eigenvalue weighted by molar-refractivity contribution is 5.99. The predicted molar refractivity (Wildman–Crippen MR) is 53.9 cm³/mol. The topological polar surface area (TPSA) is 34.1 Å². The average Bonchev–Trinajstić information content (AvgIpc) is 2.72. The van der Waals surface area contributed by atoms with Crippen LogP contribution < -0.4 is 0 Å². The van der Waals surface area contributed by atoms with Crippen molar-refractivity contribution < 1.29 is 9.59 Å². The molecule has 14 heavy (non-hydrogen) atoms. The summed E-state index contributed by atoms with van der Waals surface area (Å²) in [6, 6.07) is 0. The van der Waals surface area contributed by atoms with E-state index in [1.165, 1.54) is 0 Å². The fraction of sp³-hybridized carbons (Fsp3) is 0.500. The van der Waals surface area contributed by atoms with E-state index in [4.69, 9.17) is 0 Å². The van der Waals surface area contributed by atoms with Gasteiger partial charge in [0.25, 0.3) is 0 Å². The number of hydrogen-bond donors (Lipinski definition) is 0. The van der Waals surface area contributed by atoms with E-state index in [2.05, 4.69) is 0 Å². The number of carbonyl (C=O) groups is 2. The molecule has 2 nitrogen and oxygen atoms in total. The summed E-state index contributed by atoms with van der Waals surface area (Å²) >= 11 is 0. The summed E-state index contributed by atoms with van der Waals surface area (Å²) < 4.78 is 0. The lowest BCUT2D eigenvalue weighted by atomic mass is 10.0. The standard InChI is InChI=1S/C12H14O2/c13-11-5-1-3-9(11)7-8-10-4-2-6-12(10)14/h3-4H,1-2,5-8H2. The van der Waals surface area contributed by atoms with Crippen LogP contribution in [-0.2, 0) is 9.59 Å². The van der Waals surface area contributed by atoms with Crippen molar-refractivity contribution in [3.05, 3.63) is 23.3 Å². The summed E-state index contributed by atoms with van der Waals surface area (Å²) in [6.07, 6.45) is 8.67. The third-order valence-electron chi connectivity index (χ3n) is 2.90. The largest absolute Gasteiger partial charge is 0.295 e. The van der Waals surface area contributed by atoms with E-state index in [-0.39, 0.29) is 11.6 Å². The Hall–Kier alpha value is -1.18. The fourth-order valence-corrected chi connectivity index (χ4v) is 2.06. The van der Waals surface area contributed by atoms with Crippen LogP contribution in [-0.4, -0.2) is 11.6 Å². The van der Waals surface area contributed by atoms with E-state index in [0.29, 0.717) is 12.8 Å². The Kier molecular flexibility index (Phi) is 2.62. The highest BCUT2D eigenvalue weighted by Gasteiger charge is 2.18. The maximum Gasteiger partial charge on any atom is 0.158 e. The van der Waals surface area contributed by atoms with Crippen LogP contribution in [0.5, 0.6) is 0 Å². The number of hydrogen-bond acceptors (Lipinski definition) is 2. The Morgan fingerprint density at radius 1 is 0.857 bits per heavy atom. The van der Waals surface area contributed by atoms with Crippen LogP contribution in [0.15, 0.2) is 23.3 Å². The van der Waals surface area contributed by atoms with Crippen molar-refractivity contribution in [3.63, 3.8) is 0 Å². The normalized spacial score (nSPS) is 21.4. The van der Waals surface area contributed by atoms with Crippen molar-refractivity contribution in [2.24, 2.45) is 0 Å². The van der Waals surface area contributed by atoms with Crippen molar-refractivity contribution >= 4 is 11.6 Å². The molecule has 0 amide bonds. The molecule has 0 aromatic carbocycles. The molecule has 0 spiro atoms. The van der Waals surface area contributed by atoms with Gasteiger partial charge in [-0.05, 0) is 36.8 Å². The number of rotatable bonds is 3. The van der Waals surface area contributed by atoms with Gasteiger partial charge in [0.2, 0.25) is 0 Å².